The second-order valence-electron chi connectivity index (χ2n) is 4.00. The van der Waals surface area contributed by atoms with Crippen molar-refractivity contribution >= 4 is 39.7 Å². The van der Waals surface area contributed by atoms with Crippen molar-refractivity contribution in [1.82, 2.24) is 4.31 Å². The number of hydrogen-bond acceptors (Lipinski definition) is 3. The van der Waals surface area contributed by atoms with E-state index in [1.165, 1.54) is 4.31 Å². The highest BCUT2D eigenvalue weighted by Gasteiger charge is 2.36. The Hall–Kier alpha value is -1.59. The third-order valence-corrected chi connectivity index (χ3v) is 4.29. The van der Waals surface area contributed by atoms with Gasteiger partial charge in [0.1, 0.15) is 0 Å². The molecule has 0 saturated carbocycles. The molecule has 2 amide bonds. The Morgan fingerprint density at radius 3 is 1.89 bits per heavy atom. The van der Waals surface area contributed by atoms with Crippen LogP contribution in [0.25, 0.3) is 0 Å². The lowest BCUT2D eigenvalue weighted by atomic mass is 10.1. The Morgan fingerprint density at radius 2 is 1.37 bits per heavy atom. The van der Waals surface area contributed by atoms with Gasteiger partial charge >= 0.3 is 0 Å². The molecule has 0 fully saturated rings. The summed E-state index contributed by atoms with van der Waals surface area (Å²) in [7, 11) is 0. The third kappa shape index (κ3) is 2.19. The molecule has 0 bridgehead atoms. The van der Waals surface area contributed by atoms with Gasteiger partial charge in [-0.25, -0.2) is 4.31 Å². The zero-order valence-corrected chi connectivity index (χ0v) is 12.1. The fourth-order valence-electron chi connectivity index (χ4n) is 1.85. The van der Waals surface area contributed by atoms with Gasteiger partial charge in [0.05, 0.1) is 11.1 Å². The minimum atomic E-state index is -0.256. The quantitative estimate of drug-likeness (QED) is 0.620. The van der Waals surface area contributed by atoms with Crippen LogP contribution in [0.2, 0.25) is 0 Å². The number of halogens is 1. The van der Waals surface area contributed by atoms with Gasteiger partial charge in [-0.3, -0.25) is 9.59 Å². The highest BCUT2D eigenvalue weighted by molar-refractivity contribution is 9.10. The lowest BCUT2D eigenvalue weighted by Crippen LogP contribution is -2.21. The van der Waals surface area contributed by atoms with E-state index < -0.39 is 0 Å². The van der Waals surface area contributed by atoms with Gasteiger partial charge in [0.25, 0.3) is 11.8 Å². The first-order valence-electron chi connectivity index (χ1n) is 5.58. The van der Waals surface area contributed by atoms with E-state index >= 15 is 0 Å². The fourth-order valence-corrected chi connectivity index (χ4v) is 2.95. The summed E-state index contributed by atoms with van der Waals surface area (Å²) in [6.07, 6.45) is 0. The van der Waals surface area contributed by atoms with E-state index in [0.717, 1.165) is 21.3 Å². The summed E-state index contributed by atoms with van der Waals surface area (Å²) in [5, 5.41) is 0. The van der Waals surface area contributed by atoms with Gasteiger partial charge in [0, 0.05) is 9.37 Å². The maximum Gasteiger partial charge on any atom is 0.272 e. The van der Waals surface area contributed by atoms with Crippen molar-refractivity contribution in [2.75, 3.05) is 0 Å². The van der Waals surface area contributed by atoms with Crippen LogP contribution in [0.3, 0.4) is 0 Å². The van der Waals surface area contributed by atoms with Crippen molar-refractivity contribution in [3.05, 3.63) is 64.1 Å². The average Bonchev–Trinajstić information content (AvgIpc) is 2.67. The van der Waals surface area contributed by atoms with Crippen LogP contribution in [-0.2, 0) is 0 Å². The van der Waals surface area contributed by atoms with Crippen LogP contribution in [0.4, 0.5) is 0 Å². The molecule has 0 spiro atoms. The number of amides is 2. The molecule has 94 valence electrons. The maximum absolute atomic E-state index is 12.2. The lowest BCUT2D eigenvalue weighted by molar-refractivity contribution is 0.0777. The molecule has 0 aromatic heterocycles. The Balaban J connectivity index is 1.90. The van der Waals surface area contributed by atoms with Crippen LogP contribution in [0.5, 0.6) is 0 Å². The number of carbonyl (C=O) groups excluding carboxylic acids is 2. The lowest BCUT2D eigenvalue weighted by Gasteiger charge is -2.11. The highest BCUT2D eigenvalue weighted by Crippen LogP contribution is 2.32. The average molecular weight is 334 g/mol. The van der Waals surface area contributed by atoms with Crippen molar-refractivity contribution in [2.45, 2.75) is 4.90 Å². The zero-order chi connectivity index (χ0) is 13.4. The summed E-state index contributed by atoms with van der Waals surface area (Å²) >= 11 is 4.49. The minimum Gasteiger partial charge on any atom is -0.268 e. The van der Waals surface area contributed by atoms with E-state index in [-0.39, 0.29) is 11.8 Å². The molecule has 0 unspecified atom stereocenters. The van der Waals surface area contributed by atoms with Crippen LogP contribution in [0.15, 0.2) is 57.9 Å². The predicted octanol–water partition coefficient (Wildman–Crippen LogP) is 3.75. The molecule has 0 aliphatic carbocycles. The molecule has 19 heavy (non-hydrogen) atoms. The summed E-state index contributed by atoms with van der Waals surface area (Å²) in [4.78, 5) is 25.2. The Labute approximate surface area is 122 Å². The summed E-state index contributed by atoms with van der Waals surface area (Å²) in [5.74, 6) is -0.512. The topological polar surface area (TPSA) is 37.4 Å². The minimum absolute atomic E-state index is 0.256. The molecule has 1 aliphatic heterocycles. The van der Waals surface area contributed by atoms with Gasteiger partial charge in [-0.15, -0.1) is 0 Å². The molecule has 3 nitrogen and oxygen atoms in total. The van der Waals surface area contributed by atoms with Gasteiger partial charge in [0.2, 0.25) is 0 Å². The molecule has 0 N–H and O–H groups in total. The van der Waals surface area contributed by atoms with E-state index in [1.54, 1.807) is 24.3 Å². The SMILES string of the molecule is O=C1c2ccccc2C(=O)N1Sc1ccc(Br)cc1. The van der Waals surface area contributed by atoms with Crippen molar-refractivity contribution in [3.63, 3.8) is 0 Å². The van der Waals surface area contributed by atoms with Crippen LogP contribution >= 0.6 is 27.9 Å². The molecular formula is C14H8BrNO2S. The van der Waals surface area contributed by atoms with Crippen molar-refractivity contribution in [3.8, 4) is 0 Å². The maximum atomic E-state index is 12.2. The van der Waals surface area contributed by atoms with Gasteiger partial charge in [0.15, 0.2) is 0 Å². The second kappa shape index (κ2) is 4.83. The Bertz CT molecular complexity index is 634. The van der Waals surface area contributed by atoms with Crippen molar-refractivity contribution in [2.24, 2.45) is 0 Å². The van der Waals surface area contributed by atoms with Crippen LogP contribution in [-0.4, -0.2) is 16.1 Å². The van der Waals surface area contributed by atoms with E-state index in [0.29, 0.717) is 11.1 Å². The molecular weight excluding hydrogens is 326 g/mol. The Kier molecular flexibility index (Phi) is 3.16. The largest absolute Gasteiger partial charge is 0.272 e. The Morgan fingerprint density at radius 1 is 0.842 bits per heavy atom. The number of benzene rings is 2. The van der Waals surface area contributed by atoms with Gasteiger partial charge in [-0.2, -0.15) is 0 Å². The molecule has 0 radical (unpaired) electrons. The summed E-state index contributed by atoms with van der Waals surface area (Å²) in [6.45, 7) is 0. The molecule has 3 rings (SSSR count). The van der Waals surface area contributed by atoms with Crippen LogP contribution in [0.1, 0.15) is 20.7 Å². The molecule has 0 saturated heterocycles. The molecule has 1 aliphatic rings. The van der Waals surface area contributed by atoms with Gasteiger partial charge < -0.3 is 0 Å². The number of nitrogens with zero attached hydrogens (tertiary/aromatic N) is 1. The molecule has 0 atom stereocenters. The van der Waals surface area contributed by atoms with Crippen molar-refractivity contribution < 1.29 is 9.59 Å². The van der Waals surface area contributed by atoms with E-state index in [2.05, 4.69) is 15.9 Å². The van der Waals surface area contributed by atoms with Crippen LogP contribution < -0.4 is 0 Å². The normalized spacial score (nSPS) is 13.8. The molecule has 1 heterocycles. The monoisotopic (exact) mass is 333 g/mol. The van der Waals surface area contributed by atoms with E-state index in [9.17, 15) is 9.59 Å². The molecule has 5 heteroatoms. The smallest absolute Gasteiger partial charge is 0.268 e. The predicted molar refractivity (Wildman–Crippen MR) is 76.9 cm³/mol. The molecule has 2 aromatic carbocycles. The number of hydrogen-bond donors (Lipinski definition) is 0. The summed E-state index contributed by atoms with van der Waals surface area (Å²) in [6, 6.07) is 14.3. The van der Waals surface area contributed by atoms with Gasteiger partial charge in [-0.1, -0.05) is 28.1 Å². The first-order chi connectivity index (χ1) is 9.16. The first kappa shape index (κ1) is 12.4. The number of rotatable bonds is 2. The summed E-state index contributed by atoms with van der Waals surface area (Å²) in [5.41, 5.74) is 0.939. The highest BCUT2D eigenvalue weighted by atomic mass is 79.9. The van der Waals surface area contributed by atoms with Gasteiger partial charge in [-0.05, 0) is 48.3 Å². The van der Waals surface area contributed by atoms with Crippen molar-refractivity contribution in [1.29, 1.82) is 0 Å². The van der Waals surface area contributed by atoms with Crippen LogP contribution in [0, 0.1) is 0 Å². The summed E-state index contributed by atoms with van der Waals surface area (Å²) < 4.78 is 2.16. The van der Waals surface area contributed by atoms with E-state index in [1.807, 2.05) is 24.3 Å². The fraction of sp³-hybridized carbons (Fsp3) is 0. The van der Waals surface area contributed by atoms with E-state index in [4.69, 9.17) is 0 Å². The first-order valence-corrected chi connectivity index (χ1v) is 7.15. The standard InChI is InChI=1S/C14H8BrNO2S/c15-9-5-7-10(8-6-9)19-16-13(17)11-3-1-2-4-12(11)14(16)18/h1-8H. The third-order valence-electron chi connectivity index (χ3n) is 2.77. The molecule has 2 aromatic rings. The second-order valence-corrected chi connectivity index (χ2v) is 5.93. The number of fused-ring (bicyclic) bond motifs is 1. The number of carbonyl (C=O) groups is 2. The number of imide groups is 1. The zero-order valence-electron chi connectivity index (χ0n) is 9.67.